The quantitative estimate of drug-likeness (QED) is 0.309. The van der Waals surface area contributed by atoms with Crippen LogP contribution in [0.4, 0.5) is 5.00 Å². The van der Waals surface area contributed by atoms with Gasteiger partial charge in [0.2, 0.25) is 11.8 Å². The molecule has 0 aromatic carbocycles. The minimum absolute atomic E-state index is 0.139. The Morgan fingerprint density at radius 2 is 2.16 bits per heavy atom. The summed E-state index contributed by atoms with van der Waals surface area (Å²) in [6.07, 6.45) is 6.48. The van der Waals surface area contributed by atoms with E-state index < -0.39 is 0 Å². The lowest BCUT2D eigenvalue weighted by molar-refractivity contribution is -0.113. The van der Waals surface area contributed by atoms with Crippen LogP contribution >= 0.6 is 23.1 Å². The predicted molar refractivity (Wildman–Crippen MR) is 123 cm³/mol. The molecule has 1 aliphatic rings. The summed E-state index contributed by atoms with van der Waals surface area (Å²) in [5.74, 6) is 0.701. The van der Waals surface area contributed by atoms with Gasteiger partial charge in [-0.05, 0) is 44.1 Å². The molecule has 2 heterocycles. The Morgan fingerprint density at radius 1 is 1.32 bits per heavy atom. The number of thiophene rings is 1. The first kappa shape index (κ1) is 23.5. The van der Waals surface area contributed by atoms with Gasteiger partial charge in [0.15, 0.2) is 5.16 Å². The number of hydrogen-bond acceptors (Lipinski definition) is 8. The second-order valence-electron chi connectivity index (χ2n) is 7.31. The maximum absolute atomic E-state index is 12.6. The van der Waals surface area contributed by atoms with E-state index in [2.05, 4.69) is 22.2 Å². The summed E-state index contributed by atoms with van der Waals surface area (Å²) < 4.78 is 10.8. The highest BCUT2D eigenvalue weighted by atomic mass is 32.2. The van der Waals surface area contributed by atoms with Gasteiger partial charge >= 0.3 is 5.97 Å². The molecular weight excluding hydrogens is 434 g/mol. The molecule has 31 heavy (non-hydrogen) atoms. The normalized spacial score (nSPS) is 15.3. The van der Waals surface area contributed by atoms with Crippen molar-refractivity contribution >= 4 is 40.0 Å². The van der Waals surface area contributed by atoms with E-state index in [0.717, 1.165) is 37.7 Å². The van der Waals surface area contributed by atoms with Gasteiger partial charge in [-0.1, -0.05) is 32.0 Å². The number of aromatic nitrogens is 2. The minimum atomic E-state index is -0.359. The second kappa shape index (κ2) is 11.5. The van der Waals surface area contributed by atoms with Crippen LogP contribution in [0.1, 0.15) is 60.8 Å². The van der Waals surface area contributed by atoms with Gasteiger partial charge in [-0.3, -0.25) is 4.79 Å². The lowest BCUT2D eigenvalue weighted by Crippen LogP contribution is -2.18. The van der Waals surface area contributed by atoms with Crippen molar-refractivity contribution in [3.05, 3.63) is 28.3 Å². The molecule has 0 radical (unpaired) electrons. The zero-order valence-corrected chi connectivity index (χ0v) is 19.9. The number of nitrogens with zero attached hydrogens (tertiary/aromatic N) is 2. The molecule has 2 aromatic heterocycles. The molecule has 0 aliphatic heterocycles. The molecule has 0 unspecified atom stereocenters. The third-order valence-electron chi connectivity index (χ3n) is 5.07. The maximum Gasteiger partial charge on any atom is 0.341 e. The average molecular weight is 464 g/mol. The number of thioether (sulfide) groups is 1. The highest BCUT2D eigenvalue weighted by molar-refractivity contribution is 7.99. The molecule has 2 aromatic rings. The van der Waals surface area contributed by atoms with Gasteiger partial charge in [-0.25, -0.2) is 9.78 Å². The molecule has 0 saturated carbocycles. The zero-order chi connectivity index (χ0) is 22.2. The molecule has 1 aliphatic carbocycles. The van der Waals surface area contributed by atoms with Gasteiger partial charge in [-0.15, -0.1) is 11.3 Å². The highest BCUT2D eigenvalue weighted by Crippen LogP contribution is 2.41. The van der Waals surface area contributed by atoms with Crippen LogP contribution in [0.5, 0.6) is 5.88 Å². The number of carbonyl (C=O) groups is 2. The molecule has 0 spiro atoms. The molecule has 0 saturated heterocycles. The van der Waals surface area contributed by atoms with Crippen LogP contribution in [0.2, 0.25) is 0 Å². The van der Waals surface area contributed by atoms with Crippen LogP contribution in [0.15, 0.2) is 17.4 Å². The first-order valence-corrected chi connectivity index (χ1v) is 12.6. The van der Waals surface area contributed by atoms with E-state index in [1.165, 1.54) is 28.0 Å². The van der Waals surface area contributed by atoms with Crippen LogP contribution < -0.4 is 10.1 Å². The van der Waals surface area contributed by atoms with Crippen molar-refractivity contribution < 1.29 is 19.1 Å². The Labute approximate surface area is 191 Å². The first-order chi connectivity index (χ1) is 15.0. The molecule has 1 amide bonds. The fraction of sp³-hybridized carbons (Fsp3) is 0.545. The summed E-state index contributed by atoms with van der Waals surface area (Å²) in [5.41, 5.74) is 1.57. The van der Waals surface area contributed by atoms with Crippen molar-refractivity contribution in [3.63, 3.8) is 0 Å². The number of fused-ring (bicyclic) bond motifs is 1. The van der Waals surface area contributed by atoms with Crippen molar-refractivity contribution in [2.45, 2.75) is 58.0 Å². The van der Waals surface area contributed by atoms with E-state index in [0.29, 0.717) is 40.7 Å². The SMILES string of the molecule is CCCOc1ccnc(SCC(=O)Nc2sc3c(c2C(=O)OCC)CC[C@@H](CC)C3)n1. The molecule has 0 bridgehead atoms. The number of amides is 1. The van der Waals surface area contributed by atoms with E-state index in [4.69, 9.17) is 9.47 Å². The van der Waals surface area contributed by atoms with Crippen molar-refractivity contribution in [2.75, 3.05) is 24.3 Å². The Kier molecular flexibility index (Phi) is 8.71. The molecule has 0 fully saturated rings. The van der Waals surface area contributed by atoms with Crippen LogP contribution in [0.3, 0.4) is 0 Å². The first-order valence-electron chi connectivity index (χ1n) is 10.8. The predicted octanol–water partition coefficient (Wildman–Crippen LogP) is 4.75. The summed E-state index contributed by atoms with van der Waals surface area (Å²) in [5, 5.41) is 4.00. The zero-order valence-electron chi connectivity index (χ0n) is 18.2. The summed E-state index contributed by atoms with van der Waals surface area (Å²) >= 11 is 2.74. The maximum atomic E-state index is 12.6. The number of rotatable bonds is 10. The van der Waals surface area contributed by atoms with Gasteiger partial charge in [0.25, 0.3) is 0 Å². The van der Waals surface area contributed by atoms with Crippen molar-refractivity contribution in [1.29, 1.82) is 0 Å². The van der Waals surface area contributed by atoms with Gasteiger partial charge in [0.05, 0.1) is 24.5 Å². The molecule has 168 valence electrons. The minimum Gasteiger partial charge on any atom is -0.478 e. The van der Waals surface area contributed by atoms with Gasteiger partial charge in [-0.2, -0.15) is 4.98 Å². The van der Waals surface area contributed by atoms with Crippen LogP contribution in [-0.2, 0) is 22.4 Å². The van der Waals surface area contributed by atoms with Crippen LogP contribution in [-0.4, -0.2) is 40.8 Å². The number of ether oxygens (including phenoxy) is 2. The lowest BCUT2D eigenvalue weighted by atomic mass is 9.85. The van der Waals surface area contributed by atoms with Crippen molar-refractivity contribution in [2.24, 2.45) is 5.92 Å². The third kappa shape index (κ3) is 6.20. The fourth-order valence-electron chi connectivity index (χ4n) is 3.48. The topological polar surface area (TPSA) is 90.4 Å². The molecule has 7 nitrogen and oxygen atoms in total. The smallest absolute Gasteiger partial charge is 0.341 e. The number of carbonyl (C=O) groups excluding carboxylic acids is 2. The molecule has 1 atom stereocenters. The second-order valence-corrected chi connectivity index (χ2v) is 9.36. The largest absolute Gasteiger partial charge is 0.478 e. The summed E-state index contributed by atoms with van der Waals surface area (Å²) in [6.45, 7) is 6.89. The third-order valence-corrected chi connectivity index (χ3v) is 7.10. The monoisotopic (exact) mass is 463 g/mol. The van der Waals surface area contributed by atoms with Gasteiger partial charge in [0.1, 0.15) is 5.00 Å². The number of hydrogen-bond donors (Lipinski definition) is 1. The van der Waals surface area contributed by atoms with E-state index in [1.54, 1.807) is 19.2 Å². The summed E-state index contributed by atoms with van der Waals surface area (Å²) in [7, 11) is 0. The number of nitrogens with one attached hydrogen (secondary N) is 1. The average Bonchev–Trinajstić information content (AvgIpc) is 3.13. The van der Waals surface area contributed by atoms with Crippen LogP contribution in [0, 0.1) is 5.92 Å². The van der Waals surface area contributed by atoms with E-state index in [-0.39, 0.29) is 17.6 Å². The van der Waals surface area contributed by atoms with E-state index >= 15 is 0 Å². The Bertz CT molecular complexity index is 916. The summed E-state index contributed by atoms with van der Waals surface area (Å²) in [4.78, 5) is 35.0. The highest BCUT2D eigenvalue weighted by Gasteiger charge is 2.29. The van der Waals surface area contributed by atoms with Crippen LogP contribution in [0.25, 0.3) is 0 Å². The molecule has 1 N–H and O–H groups in total. The molecule has 9 heteroatoms. The molecule has 3 rings (SSSR count). The molecular formula is C22H29N3O4S2. The van der Waals surface area contributed by atoms with Gasteiger partial charge < -0.3 is 14.8 Å². The Balaban J connectivity index is 1.69. The standard InChI is InChI=1S/C22H29N3O4S2/c1-4-11-29-18-9-10-23-22(25-18)30-13-17(26)24-20-19(21(27)28-6-3)15-8-7-14(5-2)12-16(15)31-20/h9-10,14H,4-8,11-13H2,1-3H3,(H,24,26)/t14-/m1/s1. The number of esters is 1. The number of anilines is 1. The van der Waals surface area contributed by atoms with Crippen molar-refractivity contribution in [3.8, 4) is 5.88 Å². The van der Waals surface area contributed by atoms with Gasteiger partial charge in [0, 0.05) is 17.1 Å². The van der Waals surface area contributed by atoms with Crippen molar-refractivity contribution in [1.82, 2.24) is 9.97 Å². The fourth-order valence-corrected chi connectivity index (χ4v) is 5.47. The van der Waals surface area contributed by atoms with E-state index in [9.17, 15) is 9.59 Å². The Morgan fingerprint density at radius 3 is 2.90 bits per heavy atom. The summed E-state index contributed by atoms with van der Waals surface area (Å²) in [6, 6.07) is 1.70. The van der Waals surface area contributed by atoms with E-state index in [1.807, 2.05) is 6.92 Å². The lowest BCUT2D eigenvalue weighted by Gasteiger charge is -2.20. The Hall–Kier alpha value is -2.13.